The van der Waals surface area contributed by atoms with Crippen LogP contribution in [0.1, 0.15) is 0 Å². The molecule has 3 rings (SSSR count). The summed E-state index contributed by atoms with van der Waals surface area (Å²) < 4.78 is 6.83. The Balaban J connectivity index is 2.15. The van der Waals surface area contributed by atoms with Crippen molar-refractivity contribution >= 4 is 30.2 Å². The number of aromatic nitrogens is 4. The second-order valence-electron chi connectivity index (χ2n) is 6.26. The first-order valence-corrected chi connectivity index (χ1v) is 8.29. The third-order valence-corrected chi connectivity index (χ3v) is 3.55. The molecule has 0 fully saturated rings. The number of hydrogen-bond acceptors (Lipinski definition) is 6. The highest BCUT2D eigenvalue weighted by Gasteiger charge is 2.14. The van der Waals surface area contributed by atoms with Crippen LogP contribution in [0.3, 0.4) is 0 Å². The molecule has 0 unspecified atom stereocenters. The van der Waals surface area contributed by atoms with E-state index in [4.69, 9.17) is 4.74 Å². The summed E-state index contributed by atoms with van der Waals surface area (Å²) in [6.07, 6.45) is 5.10. The quantitative estimate of drug-likeness (QED) is 0.491. The lowest BCUT2D eigenvalue weighted by atomic mass is 10.1. The van der Waals surface area contributed by atoms with E-state index in [1.54, 1.807) is 30.5 Å². The predicted molar refractivity (Wildman–Crippen MR) is 106 cm³/mol. The van der Waals surface area contributed by atoms with Gasteiger partial charge in [-0.25, -0.2) is 15.0 Å². The van der Waals surface area contributed by atoms with Gasteiger partial charge in [-0.3, -0.25) is 0 Å². The van der Waals surface area contributed by atoms with Crippen LogP contribution in [-0.4, -0.2) is 77.4 Å². The molecular weight excluding hydrogens is 344 g/mol. The highest BCUT2D eigenvalue weighted by Crippen LogP contribution is 2.31. The van der Waals surface area contributed by atoms with Crippen LogP contribution < -0.4 is 4.74 Å². The van der Waals surface area contributed by atoms with Crippen LogP contribution in [0, 0.1) is 0 Å². The summed E-state index contributed by atoms with van der Waals surface area (Å²) in [5.41, 5.74) is 1.78. The summed E-state index contributed by atoms with van der Waals surface area (Å²) in [4.78, 5) is 21.3. The number of ether oxygens (including phenoxy) is 1. The van der Waals surface area contributed by atoms with Crippen LogP contribution in [-0.2, 0) is 0 Å². The van der Waals surface area contributed by atoms with E-state index in [1.807, 2.05) is 62.3 Å². The maximum Gasteiger partial charge on any atom is 0.272 e. The van der Waals surface area contributed by atoms with Crippen molar-refractivity contribution in [3.8, 4) is 16.9 Å². The fourth-order valence-corrected chi connectivity index (χ4v) is 2.30. The molecule has 0 aliphatic carbocycles. The smallest absolute Gasteiger partial charge is 0.272 e. The normalized spacial score (nSPS) is 11.6. The molecule has 0 saturated heterocycles. The summed E-state index contributed by atoms with van der Waals surface area (Å²) in [5, 5.41) is 4.44. The van der Waals surface area contributed by atoms with Crippen LogP contribution in [0.4, 0.5) is 11.8 Å². The number of methoxy groups -OCH3 is 1. The average Bonchev–Trinajstić information content (AvgIpc) is 3.07. The molecule has 27 heavy (non-hydrogen) atoms. The summed E-state index contributed by atoms with van der Waals surface area (Å²) in [6.45, 7) is 0. The molecule has 2 heterocycles. The van der Waals surface area contributed by atoms with Gasteiger partial charge in [-0.2, -0.15) is 9.50 Å². The van der Waals surface area contributed by atoms with E-state index in [1.165, 1.54) is 0 Å². The first-order valence-electron chi connectivity index (χ1n) is 8.29. The van der Waals surface area contributed by atoms with Gasteiger partial charge in [0.05, 0.1) is 19.8 Å². The highest BCUT2D eigenvalue weighted by molar-refractivity contribution is 5.77. The number of rotatable bonds is 6. The van der Waals surface area contributed by atoms with Gasteiger partial charge in [0.25, 0.3) is 11.7 Å². The standard InChI is InChI=1S/C18H22N8O/c1-24(2)11-20-16-15(13-6-8-14(27-5)9-7-13)10-19-18-22-17(23-26(16)18)21-12-25(3)4/h6-12H,1-5H3/b20-11+,21-12+. The van der Waals surface area contributed by atoms with E-state index >= 15 is 0 Å². The largest absolute Gasteiger partial charge is 0.497 e. The summed E-state index contributed by atoms with van der Waals surface area (Å²) >= 11 is 0. The zero-order valence-electron chi connectivity index (χ0n) is 16.0. The van der Waals surface area contributed by atoms with Gasteiger partial charge in [0.2, 0.25) is 0 Å². The minimum Gasteiger partial charge on any atom is -0.497 e. The summed E-state index contributed by atoms with van der Waals surface area (Å²) in [6, 6.07) is 7.71. The van der Waals surface area contributed by atoms with Gasteiger partial charge in [0, 0.05) is 40.0 Å². The van der Waals surface area contributed by atoms with Crippen molar-refractivity contribution in [1.29, 1.82) is 0 Å². The van der Waals surface area contributed by atoms with E-state index in [9.17, 15) is 0 Å². The molecule has 0 amide bonds. The molecule has 0 N–H and O–H groups in total. The van der Waals surface area contributed by atoms with Crippen molar-refractivity contribution < 1.29 is 4.74 Å². The van der Waals surface area contributed by atoms with Gasteiger partial charge in [-0.05, 0) is 17.7 Å². The van der Waals surface area contributed by atoms with Crippen LogP contribution >= 0.6 is 0 Å². The van der Waals surface area contributed by atoms with E-state index in [-0.39, 0.29) is 0 Å². The Morgan fingerprint density at radius 1 is 1.00 bits per heavy atom. The van der Waals surface area contributed by atoms with Crippen LogP contribution in [0.25, 0.3) is 16.9 Å². The van der Waals surface area contributed by atoms with Crippen molar-refractivity contribution in [2.75, 3.05) is 35.3 Å². The molecule has 2 aromatic heterocycles. The molecule has 3 aromatic rings. The van der Waals surface area contributed by atoms with Crippen molar-refractivity contribution in [2.24, 2.45) is 9.98 Å². The molecule has 9 heteroatoms. The Labute approximate surface area is 157 Å². The molecule has 0 atom stereocenters. The molecule has 0 aliphatic rings. The molecule has 140 valence electrons. The topological polar surface area (TPSA) is 83.5 Å². The Morgan fingerprint density at radius 2 is 1.67 bits per heavy atom. The van der Waals surface area contributed by atoms with Gasteiger partial charge >= 0.3 is 0 Å². The van der Waals surface area contributed by atoms with Gasteiger partial charge < -0.3 is 14.5 Å². The van der Waals surface area contributed by atoms with E-state index in [2.05, 4.69) is 25.1 Å². The molecule has 0 spiro atoms. The third-order valence-electron chi connectivity index (χ3n) is 3.55. The number of fused-ring (bicyclic) bond motifs is 1. The van der Waals surface area contributed by atoms with Crippen molar-refractivity contribution in [1.82, 2.24) is 29.4 Å². The maximum absolute atomic E-state index is 5.23. The Bertz CT molecular complexity index is 973. The van der Waals surface area contributed by atoms with E-state index in [0.717, 1.165) is 16.9 Å². The molecule has 9 nitrogen and oxygen atoms in total. The van der Waals surface area contributed by atoms with Crippen LogP contribution in [0.5, 0.6) is 5.75 Å². The zero-order valence-corrected chi connectivity index (χ0v) is 16.0. The minimum atomic E-state index is 0.324. The SMILES string of the molecule is COc1ccc(-c2cnc3nc(/N=C/N(C)C)nn3c2/N=C/N(C)C)cc1. The molecule has 0 radical (unpaired) electrons. The number of nitrogens with zero attached hydrogens (tertiary/aromatic N) is 8. The summed E-state index contributed by atoms with van der Waals surface area (Å²) in [7, 11) is 9.21. The van der Waals surface area contributed by atoms with Crippen molar-refractivity contribution in [2.45, 2.75) is 0 Å². The highest BCUT2D eigenvalue weighted by atomic mass is 16.5. The number of aliphatic imine (C=N–C) groups is 2. The predicted octanol–water partition coefficient (Wildman–Crippen LogP) is 2.24. The lowest BCUT2D eigenvalue weighted by Crippen LogP contribution is -2.08. The molecule has 1 aromatic carbocycles. The first-order chi connectivity index (χ1) is 13.0. The van der Waals surface area contributed by atoms with Crippen molar-refractivity contribution in [3.05, 3.63) is 30.5 Å². The fraction of sp³-hybridized carbons (Fsp3) is 0.278. The molecular formula is C18H22N8O. The average molecular weight is 366 g/mol. The first kappa shape index (κ1) is 18.3. The minimum absolute atomic E-state index is 0.324. The number of benzene rings is 1. The molecule has 0 aliphatic heterocycles. The van der Waals surface area contributed by atoms with Crippen LogP contribution in [0.15, 0.2) is 40.4 Å². The third kappa shape index (κ3) is 4.20. The molecule has 0 saturated carbocycles. The lowest BCUT2D eigenvalue weighted by molar-refractivity contribution is 0.415. The lowest BCUT2D eigenvalue weighted by Gasteiger charge is -2.09. The Kier molecular flexibility index (Phi) is 5.30. The fourth-order valence-electron chi connectivity index (χ4n) is 2.30. The van der Waals surface area contributed by atoms with Crippen LogP contribution in [0.2, 0.25) is 0 Å². The van der Waals surface area contributed by atoms with E-state index < -0.39 is 0 Å². The van der Waals surface area contributed by atoms with E-state index in [0.29, 0.717) is 17.5 Å². The monoisotopic (exact) mass is 366 g/mol. The maximum atomic E-state index is 5.23. The van der Waals surface area contributed by atoms with Gasteiger partial charge in [-0.15, -0.1) is 5.10 Å². The zero-order chi connectivity index (χ0) is 19.4. The van der Waals surface area contributed by atoms with Crippen molar-refractivity contribution in [3.63, 3.8) is 0 Å². The Hall–Kier alpha value is -3.49. The Morgan fingerprint density at radius 3 is 2.30 bits per heavy atom. The second kappa shape index (κ2) is 7.81. The number of hydrogen-bond donors (Lipinski definition) is 0. The molecule has 0 bridgehead atoms. The van der Waals surface area contributed by atoms with Gasteiger partial charge in [0.1, 0.15) is 5.75 Å². The van der Waals surface area contributed by atoms with Gasteiger partial charge in [-0.1, -0.05) is 12.1 Å². The summed E-state index contributed by atoms with van der Waals surface area (Å²) in [5.74, 6) is 2.17. The van der Waals surface area contributed by atoms with Gasteiger partial charge in [0.15, 0.2) is 5.82 Å². The second-order valence-corrected chi connectivity index (χ2v) is 6.26.